The van der Waals surface area contributed by atoms with Crippen LogP contribution in [0.5, 0.6) is 0 Å². The third kappa shape index (κ3) is 5.20. The van der Waals surface area contributed by atoms with Crippen LogP contribution in [-0.4, -0.2) is 29.0 Å². The van der Waals surface area contributed by atoms with E-state index in [4.69, 9.17) is 0 Å². The van der Waals surface area contributed by atoms with Crippen LogP contribution in [0.1, 0.15) is 68.8 Å². The molecule has 27 heavy (non-hydrogen) atoms. The number of anilines is 1. The number of nitrogens with one attached hydrogen (secondary N) is 1. The highest BCUT2D eigenvalue weighted by Gasteiger charge is 2.38. The van der Waals surface area contributed by atoms with Gasteiger partial charge in [0.25, 0.3) is 5.91 Å². The number of hydrogen-bond donors (Lipinski definition) is 1. The fraction of sp³-hybridized carbons (Fsp3) is 0.632. The second-order valence-corrected chi connectivity index (χ2v) is 7.76. The minimum Gasteiger partial charge on any atom is -0.356 e. The SMILES string of the molecule is C/C=C(\C)NC(=O)c1c(C)nc(C(F)(F)F)nc1N1CCCC(C)(C)CC1. The van der Waals surface area contributed by atoms with Crippen molar-refractivity contribution in [3.05, 3.63) is 28.9 Å². The molecule has 1 aliphatic rings. The Balaban J connectivity index is 2.53. The minimum atomic E-state index is -4.67. The van der Waals surface area contributed by atoms with Crippen molar-refractivity contribution in [1.82, 2.24) is 15.3 Å². The van der Waals surface area contributed by atoms with Crippen LogP contribution in [0.15, 0.2) is 11.8 Å². The van der Waals surface area contributed by atoms with Gasteiger partial charge in [-0.15, -0.1) is 0 Å². The molecule has 5 nitrogen and oxygen atoms in total. The fourth-order valence-corrected chi connectivity index (χ4v) is 3.13. The first-order chi connectivity index (χ1) is 12.4. The molecule has 1 aromatic rings. The van der Waals surface area contributed by atoms with Gasteiger partial charge in [-0.1, -0.05) is 19.9 Å². The number of rotatable bonds is 3. The summed E-state index contributed by atoms with van der Waals surface area (Å²) in [6.07, 6.45) is -0.344. The molecule has 8 heteroatoms. The molecule has 0 aliphatic carbocycles. The van der Waals surface area contributed by atoms with E-state index in [1.54, 1.807) is 24.8 Å². The second kappa shape index (κ2) is 7.86. The molecule has 0 saturated carbocycles. The molecule has 1 N–H and O–H groups in total. The Bertz CT molecular complexity index is 741. The lowest BCUT2D eigenvalue weighted by Gasteiger charge is -2.26. The van der Waals surface area contributed by atoms with Crippen LogP contribution in [0.3, 0.4) is 0 Å². The Hall–Kier alpha value is -2.12. The van der Waals surface area contributed by atoms with Gasteiger partial charge in [-0.2, -0.15) is 13.2 Å². The fourth-order valence-electron chi connectivity index (χ4n) is 3.13. The lowest BCUT2D eigenvalue weighted by molar-refractivity contribution is -0.145. The van der Waals surface area contributed by atoms with E-state index in [0.29, 0.717) is 18.8 Å². The molecule has 0 spiro atoms. The molecule has 2 heterocycles. The van der Waals surface area contributed by atoms with E-state index in [0.717, 1.165) is 19.3 Å². The maximum Gasteiger partial charge on any atom is 0.451 e. The molecule has 1 aromatic heterocycles. The zero-order valence-electron chi connectivity index (χ0n) is 16.5. The number of halogens is 3. The molecule has 1 amide bonds. The minimum absolute atomic E-state index is 0.0252. The summed E-state index contributed by atoms with van der Waals surface area (Å²) < 4.78 is 39.8. The van der Waals surface area contributed by atoms with Crippen molar-refractivity contribution in [2.75, 3.05) is 18.0 Å². The summed E-state index contributed by atoms with van der Waals surface area (Å²) in [4.78, 5) is 21.9. The first-order valence-electron chi connectivity index (χ1n) is 9.09. The van der Waals surface area contributed by atoms with Gasteiger partial charge in [0.05, 0.1) is 5.69 Å². The number of hydrogen-bond acceptors (Lipinski definition) is 4. The number of amides is 1. The van der Waals surface area contributed by atoms with Crippen LogP contribution in [-0.2, 0) is 6.18 Å². The Morgan fingerprint density at radius 1 is 1.22 bits per heavy atom. The smallest absolute Gasteiger partial charge is 0.356 e. The summed E-state index contributed by atoms with van der Waals surface area (Å²) in [6.45, 7) is 10.3. The van der Waals surface area contributed by atoms with Gasteiger partial charge in [-0.3, -0.25) is 4.79 Å². The molecule has 1 aliphatic heterocycles. The molecule has 2 rings (SSSR count). The maximum atomic E-state index is 13.3. The Morgan fingerprint density at radius 3 is 2.48 bits per heavy atom. The van der Waals surface area contributed by atoms with E-state index >= 15 is 0 Å². The zero-order chi connectivity index (χ0) is 20.4. The third-order valence-corrected chi connectivity index (χ3v) is 4.93. The lowest BCUT2D eigenvalue weighted by atomic mass is 9.85. The molecule has 0 unspecified atom stereocenters. The van der Waals surface area contributed by atoms with Gasteiger partial charge in [-0.25, -0.2) is 9.97 Å². The van der Waals surface area contributed by atoms with Gasteiger partial charge >= 0.3 is 6.18 Å². The highest BCUT2D eigenvalue weighted by atomic mass is 19.4. The van der Waals surface area contributed by atoms with E-state index in [-0.39, 0.29) is 22.5 Å². The average molecular weight is 384 g/mol. The monoisotopic (exact) mass is 384 g/mol. The van der Waals surface area contributed by atoms with E-state index in [1.807, 2.05) is 0 Å². The van der Waals surface area contributed by atoms with Gasteiger partial charge in [0.1, 0.15) is 11.4 Å². The predicted molar refractivity (Wildman–Crippen MR) is 98.5 cm³/mol. The number of alkyl halides is 3. The zero-order valence-corrected chi connectivity index (χ0v) is 16.5. The largest absolute Gasteiger partial charge is 0.451 e. The average Bonchev–Trinajstić information content (AvgIpc) is 2.73. The molecule has 1 saturated heterocycles. The molecule has 1 fully saturated rings. The van der Waals surface area contributed by atoms with Crippen LogP contribution in [0.25, 0.3) is 0 Å². The summed E-state index contributed by atoms with van der Waals surface area (Å²) in [7, 11) is 0. The van der Waals surface area contributed by atoms with Crippen molar-refractivity contribution >= 4 is 11.7 Å². The van der Waals surface area contributed by atoms with Crippen LogP contribution in [0.2, 0.25) is 0 Å². The van der Waals surface area contributed by atoms with Crippen LogP contribution >= 0.6 is 0 Å². The van der Waals surface area contributed by atoms with Gasteiger partial charge < -0.3 is 10.2 Å². The lowest BCUT2D eigenvalue weighted by Crippen LogP contribution is -2.33. The Labute approximate surface area is 158 Å². The number of aromatic nitrogens is 2. The van der Waals surface area contributed by atoms with Crippen LogP contribution in [0.4, 0.5) is 19.0 Å². The first-order valence-corrected chi connectivity index (χ1v) is 9.09. The van der Waals surface area contributed by atoms with Crippen molar-refractivity contribution in [2.45, 2.75) is 60.1 Å². The number of aryl methyl sites for hydroxylation is 1. The number of allylic oxidation sites excluding steroid dienone is 2. The maximum absolute atomic E-state index is 13.3. The van der Waals surface area contributed by atoms with E-state index in [2.05, 4.69) is 29.1 Å². The number of carbonyl (C=O) groups excluding carboxylic acids is 1. The van der Waals surface area contributed by atoms with Gasteiger partial charge in [0, 0.05) is 18.8 Å². The normalized spacial score (nSPS) is 18.2. The highest BCUT2D eigenvalue weighted by Crippen LogP contribution is 2.34. The van der Waals surface area contributed by atoms with Crippen molar-refractivity contribution in [3.63, 3.8) is 0 Å². The predicted octanol–water partition coefficient (Wildman–Crippen LogP) is 4.47. The van der Waals surface area contributed by atoms with Gasteiger partial charge in [-0.05, 0) is 45.4 Å². The number of nitrogens with zero attached hydrogens (tertiary/aromatic N) is 3. The molecule has 0 radical (unpaired) electrons. The first kappa shape index (κ1) is 21.2. The summed E-state index contributed by atoms with van der Waals surface area (Å²) in [5.41, 5.74) is 0.844. The van der Waals surface area contributed by atoms with E-state index in [9.17, 15) is 18.0 Å². The highest BCUT2D eigenvalue weighted by molar-refractivity contribution is 6.00. The summed E-state index contributed by atoms with van der Waals surface area (Å²) in [5, 5.41) is 2.69. The third-order valence-electron chi connectivity index (χ3n) is 4.93. The molecular formula is C19H27F3N4O. The molecule has 0 atom stereocenters. The van der Waals surface area contributed by atoms with Crippen LogP contribution in [0, 0.1) is 12.3 Å². The molecule has 0 aromatic carbocycles. The van der Waals surface area contributed by atoms with Crippen LogP contribution < -0.4 is 10.2 Å². The quantitative estimate of drug-likeness (QED) is 0.835. The summed E-state index contributed by atoms with van der Waals surface area (Å²) in [6, 6.07) is 0. The molecular weight excluding hydrogens is 357 g/mol. The van der Waals surface area contributed by atoms with Crippen molar-refractivity contribution in [2.24, 2.45) is 5.41 Å². The second-order valence-electron chi connectivity index (χ2n) is 7.76. The number of carbonyl (C=O) groups is 1. The standard InChI is InChI=1S/C19H27F3N4O/c1-6-12(2)23-16(27)14-13(3)24-17(19(20,21)22)25-15(14)26-10-7-8-18(4,5)9-11-26/h6H,7-11H2,1-5H3,(H,23,27)/b12-6+. The topological polar surface area (TPSA) is 58.1 Å². The Kier molecular flexibility index (Phi) is 6.17. The Morgan fingerprint density at radius 2 is 1.89 bits per heavy atom. The summed E-state index contributed by atoms with van der Waals surface area (Å²) >= 11 is 0. The van der Waals surface area contributed by atoms with E-state index in [1.165, 1.54) is 6.92 Å². The summed E-state index contributed by atoms with van der Waals surface area (Å²) in [5.74, 6) is -1.64. The molecule has 0 bridgehead atoms. The van der Waals surface area contributed by atoms with Crippen molar-refractivity contribution < 1.29 is 18.0 Å². The molecule has 150 valence electrons. The van der Waals surface area contributed by atoms with Gasteiger partial charge in [0.2, 0.25) is 5.82 Å². The van der Waals surface area contributed by atoms with Gasteiger partial charge in [0.15, 0.2) is 0 Å². The van der Waals surface area contributed by atoms with Crippen molar-refractivity contribution in [1.29, 1.82) is 0 Å². The van der Waals surface area contributed by atoms with E-state index < -0.39 is 17.9 Å². The van der Waals surface area contributed by atoms with Crippen molar-refractivity contribution in [3.8, 4) is 0 Å².